The Labute approximate surface area is 157 Å². The molecule has 0 amide bonds. The number of carbonyl (C=O) groups is 1. The summed E-state index contributed by atoms with van der Waals surface area (Å²) in [6.07, 6.45) is 4.20. The molecule has 2 aromatic heterocycles. The Bertz CT molecular complexity index is 991. The molecule has 3 aromatic rings. The van der Waals surface area contributed by atoms with Gasteiger partial charge in [-0.2, -0.15) is 15.3 Å². The zero-order chi connectivity index (χ0) is 19.0. The van der Waals surface area contributed by atoms with E-state index in [1.807, 2.05) is 49.5 Å². The number of aryl methyl sites for hydroxylation is 1. The van der Waals surface area contributed by atoms with Gasteiger partial charge in [-0.1, -0.05) is 6.07 Å². The van der Waals surface area contributed by atoms with E-state index >= 15 is 0 Å². The van der Waals surface area contributed by atoms with Crippen molar-refractivity contribution in [1.29, 1.82) is 0 Å². The van der Waals surface area contributed by atoms with Crippen molar-refractivity contribution in [3.8, 4) is 11.1 Å². The van der Waals surface area contributed by atoms with Gasteiger partial charge in [0.2, 0.25) is 0 Å². The standard InChI is InChI=1S/C20H22FN5O/c1-25-7-5-20(21,6-8-25)19(27)11-17-10-15-9-14(3-4-18(15)24-23-17)16-12-22-26(2)13-16/h3-4,9-10,12-13H,5-8,11H2,1-2H3. The predicted molar refractivity (Wildman–Crippen MR) is 101 cm³/mol. The molecule has 0 radical (unpaired) electrons. The number of rotatable bonds is 4. The molecule has 1 aliphatic heterocycles. The maximum Gasteiger partial charge on any atom is 0.176 e. The van der Waals surface area contributed by atoms with Gasteiger partial charge in [-0.05, 0) is 30.8 Å². The van der Waals surface area contributed by atoms with Crippen molar-refractivity contribution >= 4 is 16.7 Å². The van der Waals surface area contributed by atoms with Crippen molar-refractivity contribution in [1.82, 2.24) is 24.9 Å². The predicted octanol–water partition coefficient (Wildman–Crippen LogP) is 2.58. The Morgan fingerprint density at radius 2 is 1.93 bits per heavy atom. The van der Waals surface area contributed by atoms with Crippen LogP contribution in [-0.2, 0) is 18.3 Å². The fourth-order valence-electron chi connectivity index (χ4n) is 3.50. The number of likely N-dealkylation sites (tertiary alicyclic amines) is 1. The summed E-state index contributed by atoms with van der Waals surface area (Å²) in [6.45, 7) is 1.19. The van der Waals surface area contributed by atoms with E-state index in [9.17, 15) is 9.18 Å². The molecule has 1 aliphatic rings. The Balaban J connectivity index is 1.58. The number of benzene rings is 1. The van der Waals surface area contributed by atoms with Crippen LogP contribution in [0, 0.1) is 0 Å². The number of alkyl halides is 1. The summed E-state index contributed by atoms with van der Waals surface area (Å²) < 4.78 is 16.7. The molecular weight excluding hydrogens is 345 g/mol. The number of nitrogens with zero attached hydrogens (tertiary/aromatic N) is 5. The highest BCUT2D eigenvalue weighted by Gasteiger charge is 2.40. The minimum Gasteiger partial charge on any atom is -0.306 e. The zero-order valence-corrected chi connectivity index (χ0v) is 15.5. The molecule has 7 heteroatoms. The molecule has 6 nitrogen and oxygen atoms in total. The van der Waals surface area contributed by atoms with Crippen LogP contribution in [-0.4, -0.2) is 56.5 Å². The van der Waals surface area contributed by atoms with Gasteiger partial charge in [-0.15, -0.1) is 0 Å². The third-order valence-corrected chi connectivity index (χ3v) is 5.30. The number of carbonyl (C=O) groups excluding carboxylic acids is 1. The van der Waals surface area contributed by atoms with Crippen LogP contribution in [0.1, 0.15) is 18.5 Å². The van der Waals surface area contributed by atoms with Crippen molar-refractivity contribution in [3.05, 3.63) is 42.4 Å². The van der Waals surface area contributed by atoms with E-state index in [1.165, 1.54) is 0 Å². The van der Waals surface area contributed by atoms with E-state index in [-0.39, 0.29) is 19.3 Å². The molecule has 0 unspecified atom stereocenters. The highest BCUT2D eigenvalue weighted by molar-refractivity contribution is 5.90. The van der Waals surface area contributed by atoms with Crippen molar-refractivity contribution in [2.24, 2.45) is 7.05 Å². The molecule has 3 heterocycles. The molecule has 1 aromatic carbocycles. The Morgan fingerprint density at radius 3 is 2.63 bits per heavy atom. The van der Waals surface area contributed by atoms with E-state index in [2.05, 4.69) is 15.3 Å². The monoisotopic (exact) mass is 367 g/mol. The van der Waals surface area contributed by atoms with Crippen molar-refractivity contribution in [2.45, 2.75) is 24.9 Å². The Hall–Kier alpha value is -2.67. The molecular formula is C20H22FN5O. The molecule has 4 rings (SSSR count). The summed E-state index contributed by atoms with van der Waals surface area (Å²) in [4.78, 5) is 14.6. The quantitative estimate of drug-likeness (QED) is 0.709. The van der Waals surface area contributed by atoms with Gasteiger partial charge in [-0.3, -0.25) is 9.48 Å². The molecule has 27 heavy (non-hydrogen) atoms. The van der Waals surface area contributed by atoms with Crippen LogP contribution in [0.5, 0.6) is 0 Å². The average molecular weight is 367 g/mol. The first-order chi connectivity index (χ1) is 12.9. The SMILES string of the molecule is CN1CCC(F)(C(=O)Cc2cc3cc(-c4cnn(C)c4)ccc3nn2)CC1. The van der Waals surface area contributed by atoms with Crippen LogP contribution >= 0.6 is 0 Å². The first-order valence-corrected chi connectivity index (χ1v) is 9.09. The first kappa shape index (κ1) is 17.7. The number of aromatic nitrogens is 4. The number of fused-ring (bicyclic) bond motifs is 1. The zero-order valence-electron chi connectivity index (χ0n) is 15.5. The average Bonchev–Trinajstić information content (AvgIpc) is 3.10. The minimum atomic E-state index is -1.75. The van der Waals surface area contributed by atoms with Gasteiger partial charge >= 0.3 is 0 Å². The third-order valence-electron chi connectivity index (χ3n) is 5.30. The van der Waals surface area contributed by atoms with Gasteiger partial charge < -0.3 is 4.90 Å². The second kappa shape index (κ2) is 6.81. The number of piperidine rings is 1. The molecule has 0 bridgehead atoms. The normalized spacial score (nSPS) is 17.3. The lowest BCUT2D eigenvalue weighted by molar-refractivity contribution is -0.132. The van der Waals surface area contributed by atoms with Crippen LogP contribution in [0.2, 0.25) is 0 Å². The first-order valence-electron chi connectivity index (χ1n) is 9.09. The number of halogens is 1. The second-order valence-electron chi connectivity index (χ2n) is 7.38. The van der Waals surface area contributed by atoms with Crippen LogP contribution in [0.15, 0.2) is 36.7 Å². The van der Waals surface area contributed by atoms with Crippen LogP contribution < -0.4 is 0 Å². The minimum absolute atomic E-state index is 0.0275. The molecule has 0 saturated carbocycles. The van der Waals surface area contributed by atoms with E-state index in [0.717, 1.165) is 22.0 Å². The van der Waals surface area contributed by atoms with E-state index in [1.54, 1.807) is 10.9 Å². The Kier molecular flexibility index (Phi) is 4.47. The van der Waals surface area contributed by atoms with Crippen LogP contribution in [0.25, 0.3) is 22.0 Å². The smallest absolute Gasteiger partial charge is 0.176 e. The maximum absolute atomic E-state index is 15.0. The molecule has 1 saturated heterocycles. The van der Waals surface area contributed by atoms with E-state index in [0.29, 0.717) is 18.8 Å². The lowest BCUT2D eigenvalue weighted by atomic mass is 9.87. The van der Waals surface area contributed by atoms with Gasteiger partial charge in [0.1, 0.15) is 0 Å². The molecule has 0 aliphatic carbocycles. The number of hydrogen-bond acceptors (Lipinski definition) is 5. The summed E-state index contributed by atoms with van der Waals surface area (Å²) in [7, 11) is 3.81. The van der Waals surface area contributed by atoms with Gasteiger partial charge in [0.15, 0.2) is 11.5 Å². The summed E-state index contributed by atoms with van der Waals surface area (Å²) in [5.74, 6) is -0.396. The molecule has 0 spiro atoms. The fourth-order valence-corrected chi connectivity index (χ4v) is 3.50. The molecule has 1 fully saturated rings. The number of Topliss-reactive ketones (excluding diaryl/α,β-unsaturated/α-hetero) is 1. The third kappa shape index (κ3) is 3.60. The van der Waals surface area contributed by atoms with Gasteiger partial charge in [0.25, 0.3) is 0 Å². The highest BCUT2D eigenvalue weighted by atomic mass is 19.1. The van der Waals surface area contributed by atoms with Crippen LogP contribution in [0.4, 0.5) is 4.39 Å². The largest absolute Gasteiger partial charge is 0.306 e. The van der Waals surface area contributed by atoms with Crippen molar-refractivity contribution in [2.75, 3.05) is 20.1 Å². The molecule has 0 atom stereocenters. The van der Waals surface area contributed by atoms with Crippen LogP contribution in [0.3, 0.4) is 0 Å². The lowest BCUT2D eigenvalue weighted by Crippen LogP contribution is -2.45. The molecule has 140 valence electrons. The molecule has 0 N–H and O–H groups in total. The maximum atomic E-state index is 15.0. The van der Waals surface area contributed by atoms with Gasteiger partial charge in [0, 0.05) is 50.1 Å². The summed E-state index contributed by atoms with van der Waals surface area (Å²) >= 11 is 0. The topological polar surface area (TPSA) is 63.9 Å². The van der Waals surface area contributed by atoms with Crippen molar-refractivity contribution in [3.63, 3.8) is 0 Å². The van der Waals surface area contributed by atoms with Crippen molar-refractivity contribution < 1.29 is 9.18 Å². The van der Waals surface area contributed by atoms with Gasteiger partial charge in [-0.25, -0.2) is 4.39 Å². The van der Waals surface area contributed by atoms with Gasteiger partial charge in [0.05, 0.1) is 23.8 Å². The van der Waals surface area contributed by atoms with E-state index in [4.69, 9.17) is 0 Å². The summed E-state index contributed by atoms with van der Waals surface area (Å²) in [5.41, 5.74) is 1.52. The summed E-state index contributed by atoms with van der Waals surface area (Å²) in [5, 5.41) is 13.4. The number of ketones is 1. The highest BCUT2D eigenvalue weighted by Crippen LogP contribution is 2.29. The Morgan fingerprint density at radius 1 is 1.15 bits per heavy atom. The summed E-state index contributed by atoms with van der Waals surface area (Å²) in [6, 6.07) is 7.69. The second-order valence-corrected chi connectivity index (χ2v) is 7.38. The fraction of sp³-hybridized carbons (Fsp3) is 0.400. The van der Waals surface area contributed by atoms with E-state index < -0.39 is 11.5 Å². The number of hydrogen-bond donors (Lipinski definition) is 0. The lowest BCUT2D eigenvalue weighted by Gasteiger charge is -2.33.